The van der Waals surface area contributed by atoms with E-state index in [1.807, 2.05) is 84.9 Å². The van der Waals surface area contributed by atoms with Gasteiger partial charge in [-0.1, -0.05) is 138 Å². The molecule has 94 heavy (non-hydrogen) atoms. The van der Waals surface area contributed by atoms with Crippen LogP contribution in [0.2, 0.25) is 0 Å². The lowest BCUT2D eigenvalue weighted by atomic mass is 9.82. The van der Waals surface area contributed by atoms with Crippen LogP contribution in [0.15, 0.2) is 47.6 Å². The molecule has 1 aromatic rings. The average molecular weight is 1320 g/mol. The van der Waals surface area contributed by atoms with E-state index in [-0.39, 0.29) is 82.3 Å². The summed E-state index contributed by atoms with van der Waals surface area (Å²) in [6.45, 7) is 28.9. The summed E-state index contributed by atoms with van der Waals surface area (Å²) in [5.74, 6) is -12.0. The van der Waals surface area contributed by atoms with Crippen LogP contribution < -0.4 is 10.6 Å². The molecular formula is C73H119N7O14. The number of rotatable bonds is 22. The number of allylic oxidation sites excluding steroid dienone is 2. The van der Waals surface area contributed by atoms with Gasteiger partial charge >= 0.3 is 0 Å². The summed E-state index contributed by atoms with van der Waals surface area (Å²) in [6.07, 6.45) is 2.74. The maximum Gasteiger partial charge on any atom is 0.245 e. The molecule has 1 heterocycles. The number of carbonyl (C=O) groups excluding carboxylic acids is 11. The summed E-state index contributed by atoms with van der Waals surface area (Å²) in [4.78, 5) is 171. The second kappa shape index (κ2) is 41.5. The fourth-order valence-electron chi connectivity index (χ4n) is 12.5. The number of carbonyl (C=O) groups is 11. The summed E-state index contributed by atoms with van der Waals surface area (Å²) >= 11 is 0. The summed E-state index contributed by atoms with van der Waals surface area (Å²) in [7, 11) is 5.90. The molecule has 3 N–H and O–H groups in total. The van der Waals surface area contributed by atoms with E-state index in [1.54, 1.807) is 67.7 Å². The van der Waals surface area contributed by atoms with Crippen LogP contribution in [0, 0.1) is 59.2 Å². The monoisotopic (exact) mass is 1320 g/mol. The van der Waals surface area contributed by atoms with E-state index in [0.29, 0.717) is 19.3 Å². The Morgan fingerprint density at radius 2 is 1.16 bits per heavy atom. The highest BCUT2D eigenvalue weighted by Crippen LogP contribution is 2.30. The fraction of sp³-hybridized carbons (Fsp3) is 0.726. The van der Waals surface area contributed by atoms with Gasteiger partial charge in [-0.25, -0.2) is 0 Å². The van der Waals surface area contributed by atoms with Crippen molar-refractivity contribution in [3.8, 4) is 0 Å². The smallest absolute Gasteiger partial charge is 0.245 e. The molecule has 21 nitrogen and oxygen atoms in total. The normalized spacial score (nSPS) is 25.8. The number of likely N-dealkylation sites (N-methyl/N-ethyl adjacent to an activating group) is 4. The van der Waals surface area contributed by atoms with Gasteiger partial charge in [-0.3, -0.25) is 52.7 Å². The first-order valence-corrected chi connectivity index (χ1v) is 34.4. The van der Waals surface area contributed by atoms with Gasteiger partial charge in [-0.05, 0) is 107 Å². The van der Waals surface area contributed by atoms with Crippen molar-refractivity contribution in [1.29, 1.82) is 0 Å². The van der Waals surface area contributed by atoms with Gasteiger partial charge < -0.3 is 44.9 Å². The SMILES string of the molecule is C/C=C/C[C@@H](C)[C@@H](O)[C@@H]1CC(=O)[C@H](C(C)C)N(C)C(=O)[C@H](CC(C)C)CC(=O)[C@H](CC(C)C)N(C)C(=O)[C@@H](C)NC(=O)[C@H](C)CC(=O)[C@H](CC(C)C)N(C)C(=O)[C@H](C(C)C)CC(=O)[C@H]([C@@H](C)OCCC/C=N/OCc2ccccc2)N(C)C(=O)CCC(=O)[C@H](CC)NC1=O. The minimum Gasteiger partial charge on any atom is -0.392 e. The van der Waals surface area contributed by atoms with Crippen molar-refractivity contribution < 1.29 is 67.4 Å². The molecule has 0 unspecified atom stereocenters. The van der Waals surface area contributed by atoms with Gasteiger partial charge in [0.15, 0.2) is 28.9 Å². The van der Waals surface area contributed by atoms with Crippen LogP contribution in [0.5, 0.6) is 0 Å². The molecule has 21 heteroatoms. The van der Waals surface area contributed by atoms with Crippen molar-refractivity contribution >= 4 is 70.6 Å². The van der Waals surface area contributed by atoms with E-state index in [1.165, 1.54) is 54.7 Å². The highest BCUT2D eigenvalue weighted by Gasteiger charge is 2.43. The quantitative estimate of drug-likeness (QED) is 0.0423. The van der Waals surface area contributed by atoms with Crippen LogP contribution in [0.1, 0.15) is 200 Å². The van der Waals surface area contributed by atoms with Gasteiger partial charge in [-0.2, -0.15) is 0 Å². The summed E-state index contributed by atoms with van der Waals surface area (Å²) in [6, 6.07) is 2.81. The van der Waals surface area contributed by atoms with Crippen molar-refractivity contribution in [2.24, 2.45) is 64.3 Å². The predicted molar refractivity (Wildman–Crippen MR) is 365 cm³/mol. The summed E-state index contributed by atoms with van der Waals surface area (Å²) < 4.78 is 6.27. The Kier molecular flexibility index (Phi) is 36.9. The van der Waals surface area contributed by atoms with E-state index in [0.717, 1.165) is 5.56 Å². The molecule has 0 radical (unpaired) electrons. The zero-order valence-corrected chi connectivity index (χ0v) is 60.6. The molecule has 6 amide bonds. The molecule has 1 aliphatic heterocycles. The maximum atomic E-state index is 15.0. The molecule has 1 aliphatic rings. The number of ether oxygens (including phenoxy) is 1. The van der Waals surface area contributed by atoms with E-state index in [2.05, 4.69) is 15.8 Å². The molecule has 0 saturated carbocycles. The van der Waals surface area contributed by atoms with E-state index in [4.69, 9.17) is 9.57 Å². The number of amides is 6. The Morgan fingerprint density at radius 3 is 1.70 bits per heavy atom. The van der Waals surface area contributed by atoms with Crippen molar-refractivity contribution in [3.63, 3.8) is 0 Å². The number of Topliss-reactive ketones (excluding diaryl/α,β-unsaturated/α-hetero) is 5. The standard InChI is InChI=1S/C73H119N7O14/c1-21-23-29-49(13)68(87)56-42-63(84)66(48(11)12)80(20)72(91)54(36-44(3)4)40-62(83)59(38-46(7)8)77(17)71(90)51(15)75-69(88)50(14)39-61(82)58(37-45(5)6)78(18)73(92)55(47(9)10)41-64(85)67(79(19)65(86)33-32-60(81)57(22-2)76-70(56)89)52(16)93-35-28-27-34-74-94-43-53-30-25-24-26-31-53/h21,23-26,30-31,34,44-52,54-59,66-68,87H,22,27-29,32-33,35-43H2,1-20H3,(H,75,88)(H,76,89)/b23-21+,74-34+/t49-,50-,51-,52-,54-,55+,56+,57+,58+,59+,66+,67+,68-/m1/s1. The fourth-order valence-corrected chi connectivity index (χ4v) is 12.5. The number of ketones is 5. The molecular weight excluding hydrogens is 1200 g/mol. The molecule has 0 aromatic heterocycles. The molecule has 1 saturated heterocycles. The number of hydrogen-bond acceptors (Lipinski definition) is 15. The highest BCUT2D eigenvalue weighted by atomic mass is 16.6. The predicted octanol–water partition coefficient (Wildman–Crippen LogP) is 9.18. The summed E-state index contributed by atoms with van der Waals surface area (Å²) in [5, 5.41) is 21.6. The summed E-state index contributed by atoms with van der Waals surface area (Å²) in [5.41, 5.74) is 0.952. The number of nitrogens with one attached hydrogen (secondary N) is 2. The van der Waals surface area contributed by atoms with Crippen LogP contribution >= 0.6 is 0 Å². The Labute approximate surface area is 562 Å². The van der Waals surface area contributed by atoms with E-state index < -0.39 is 167 Å². The second-order valence-corrected chi connectivity index (χ2v) is 28.3. The average Bonchev–Trinajstić information content (AvgIpc) is 0.846. The number of unbranched alkanes of at least 4 members (excludes halogenated alkanes) is 1. The Balaban J connectivity index is 2.85. The zero-order chi connectivity index (χ0) is 71.4. The van der Waals surface area contributed by atoms with Crippen molar-refractivity contribution in [1.82, 2.24) is 30.2 Å². The Morgan fingerprint density at radius 1 is 0.606 bits per heavy atom. The highest BCUT2D eigenvalue weighted by molar-refractivity contribution is 5.99. The Hall–Kier alpha value is -6.48. The minimum atomic E-state index is -1.40. The van der Waals surface area contributed by atoms with Gasteiger partial charge in [0, 0.05) is 97.3 Å². The molecule has 0 bridgehead atoms. The third-order valence-electron chi connectivity index (χ3n) is 18.1. The lowest BCUT2D eigenvalue weighted by molar-refractivity contribution is -0.148. The van der Waals surface area contributed by atoms with Crippen molar-refractivity contribution in [2.75, 3.05) is 34.8 Å². The van der Waals surface area contributed by atoms with E-state index in [9.17, 15) is 57.8 Å². The number of benzene rings is 1. The lowest BCUT2D eigenvalue weighted by Gasteiger charge is -2.36. The van der Waals surface area contributed by atoms with Gasteiger partial charge in [0.1, 0.15) is 18.7 Å². The number of aliphatic hydroxyl groups is 1. The molecule has 1 fully saturated rings. The van der Waals surface area contributed by atoms with Gasteiger partial charge in [-0.15, -0.1) is 0 Å². The first-order chi connectivity index (χ1) is 44.0. The molecule has 2 rings (SSSR count). The van der Waals surface area contributed by atoms with Gasteiger partial charge in [0.2, 0.25) is 35.4 Å². The lowest BCUT2D eigenvalue weighted by Crippen LogP contribution is -2.53. The molecule has 1 aromatic carbocycles. The second-order valence-electron chi connectivity index (χ2n) is 28.3. The van der Waals surface area contributed by atoms with Crippen molar-refractivity contribution in [2.45, 2.75) is 249 Å². The number of nitrogens with zero attached hydrogens (tertiary/aromatic N) is 5. The van der Waals surface area contributed by atoms with Gasteiger partial charge in [0.05, 0.1) is 42.3 Å². The largest absolute Gasteiger partial charge is 0.392 e. The van der Waals surface area contributed by atoms with Crippen LogP contribution in [0.3, 0.4) is 0 Å². The minimum absolute atomic E-state index is 0.0783. The number of hydrogen-bond donors (Lipinski definition) is 3. The molecule has 0 spiro atoms. The zero-order valence-electron chi connectivity index (χ0n) is 60.6. The first kappa shape index (κ1) is 83.6. The van der Waals surface area contributed by atoms with Crippen molar-refractivity contribution in [3.05, 3.63) is 48.0 Å². The molecule has 530 valence electrons. The maximum absolute atomic E-state index is 15.0. The van der Waals surface area contributed by atoms with E-state index >= 15 is 0 Å². The first-order valence-electron chi connectivity index (χ1n) is 34.4. The third kappa shape index (κ3) is 26.6. The van der Waals surface area contributed by atoms with Crippen LogP contribution in [0.25, 0.3) is 0 Å². The van der Waals surface area contributed by atoms with Crippen LogP contribution in [0.4, 0.5) is 0 Å². The molecule has 13 atom stereocenters. The Bertz CT molecular complexity index is 2690. The van der Waals surface area contributed by atoms with Crippen LogP contribution in [-0.4, -0.2) is 179 Å². The topological polar surface area (TPSA) is 276 Å². The number of aliphatic hydroxyl groups excluding tert-OH is 1. The van der Waals surface area contributed by atoms with Gasteiger partial charge in [0.25, 0.3) is 0 Å². The molecule has 0 aliphatic carbocycles. The third-order valence-corrected chi connectivity index (χ3v) is 18.1. The number of oxime groups is 1. The van der Waals surface area contributed by atoms with Crippen LogP contribution in [-0.2, 0) is 68.9 Å².